The highest BCUT2D eigenvalue weighted by atomic mass is 16.1. The number of benzene rings is 1. The highest BCUT2D eigenvalue weighted by Crippen LogP contribution is 1.91. The molecule has 11 heavy (non-hydrogen) atoms. The number of hydrogen-bond acceptors (Lipinski definition) is 1. The van der Waals surface area contributed by atoms with E-state index >= 15 is 0 Å². The zero-order chi connectivity index (χ0) is 8.10. The lowest BCUT2D eigenvalue weighted by Crippen LogP contribution is -2.11. The molecular weight excluding hydrogens is 135 g/mol. The fraction of sp³-hybridized carbons (Fsp3) is 0.222. The summed E-state index contributed by atoms with van der Waals surface area (Å²) in [5, 5.41) is 0. The lowest BCUT2D eigenvalue weighted by Gasteiger charge is -1.95. The summed E-state index contributed by atoms with van der Waals surface area (Å²) in [6.07, 6.45) is 1.89. The summed E-state index contributed by atoms with van der Waals surface area (Å²) in [4.78, 5) is 10.3. The summed E-state index contributed by atoms with van der Waals surface area (Å²) in [6.45, 7) is 2.09. The van der Waals surface area contributed by atoms with Gasteiger partial charge in [-0.15, -0.1) is 0 Å². The standard InChI is InChI=1S/C9H10BO/c1-2-10-9-5-3-8(7-11)4-6-9/h3-7H,2H2,1H3. The van der Waals surface area contributed by atoms with Gasteiger partial charge in [-0.05, 0) is 0 Å². The molecule has 0 spiro atoms. The maximum atomic E-state index is 10.3. The Kier molecular flexibility index (Phi) is 2.90. The minimum absolute atomic E-state index is 0.734. The van der Waals surface area contributed by atoms with E-state index in [4.69, 9.17) is 0 Å². The van der Waals surface area contributed by atoms with E-state index in [1.54, 1.807) is 0 Å². The first kappa shape index (κ1) is 8.06. The Balaban J connectivity index is 2.74. The van der Waals surface area contributed by atoms with E-state index in [0.717, 1.165) is 18.2 Å². The quantitative estimate of drug-likeness (QED) is 0.462. The Bertz CT molecular complexity index is 228. The van der Waals surface area contributed by atoms with Gasteiger partial charge in [0.25, 0.3) is 0 Å². The number of hydrogen-bond donors (Lipinski definition) is 0. The topological polar surface area (TPSA) is 17.1 Å². The van der Waals surface area contributed by atoms with Crippen LogP contribution in [0.2, 0.25) is 6.32 Å². The van der Waals surface area contributed by atoms with Crippen molar-refractivity contribution in [3.05, 3.63) is 29.8 Å². The van der Waals surface area contributed by atoms with Crippen LogP contribution in [-0.4, -0.2) is 13.6 Å². The maximum Gasteiger partial charge on any atom is 0.151 e. The van der Waals surface area contributed by atoms with Crippen molar-refractivity contribution in [3.8, 4) is 0 Å². The Morgan fingerprint density at radius 3 is 2.45 bits per heavy atom. The van der Waals surface area contributed by atoms with Gasteiger partial charge >= 0.3 is 0 Å². The van der Waals surface area contributed by atoms with Crippen LogP contribution in [0.4, 0.5) is 0 Å². The first-order chi connectivity index (χ1) is 5.36. The molecule has 0 aliphatic carbocycles. The predicted molar refractivity (Wildman–Crippen MR) is 47.7 cm³/mol. The van der Waals surface area contributed by atoms with E-state index in [0.29, 0.717) is 0 Å². The molecule has 0 fully saturated rings. The van der Waals surface area contributed by atoms with Crippen LogP contribution < -0.4 is 5.46 Å². The number of carbonyl (C=O) groups is 1. The molecule has 1 rings (SSSR count). The summed E-state index contributed by atoms with van der Waals surface area (Å²) in [6, 6.07) is 7.56. The third-order valence-corrected chi connectivity index (χ3v) is 1.51. The number of carbonyl (C=O) groups excluding carboxylic acids is 1. The second-order valence-electron chi connectivity index (χ2n) is 2.40. The van der Waals surface area contributed by atoms with E-state index in [2.05, 4.69) is 14.2 Å². The van der Waals surface area contributed by atoms with Crippen LogP contribution in [0.25, 0.3) is 0 Å². The molecular formula is C9H10BO. The van der Waals surface area contributed by atoms with E-state index in [1.165, 1.54) is 5.46 Å². The largest absolute Gasteiger partial charge is 0.298 e. The predicted octanol–water partition coefficient (Wildman–Crippen LogP) is 1.27. The van der Waals surface area contributed by atoms with Crippen molar-refractivity contribution in [2.24, 2.45) is 0 Å². The third-order valence-electron chi connectivity index (χ3n) is 1.51. The van der Waals surface area contributed by atoms with Crippen LogP contribution in [0.1, 0.15) is 17.3 Å². The highest BCUT2D eigenvalue weighted by molar-refractivity contribution is 6.53. The highest BCUT2D eigenvalue weighted by Gasteiger charge is 1.92. The van der Waals surface area contributed by atoms with Crippen molar-refractivity contribution in [2.75, 3.05) is 0 Å². The van der Waals surface area contributed by atoms with Gasteiger partial charge in [-0.25, -0.2) is 0 Å². The minimum Gasteiger partial charge on any atom is -0.298 e. The molecule has 0 aliphatic heterocycles. The zero-order valence-electron chi connectivity index (χ0n) is 6.58. The summed E-state index contributed by atoms with van der Waals surface area (Å²) in [7, 11) is 2.12. The molecule has 2 heteroatoms. The molecule has 0 N–H and O–H groups in total. The normalized spacial score (nSPS) is 9.18. The molecule has 0 atom stereocenters. The maximum absolute atomic E-state index is 10.3. The zero-order valence-corrected chi connectivity index (χ0v) is 6.58. The number of rotatable bonds is 3. The van der Waals surface area contributed by atoms with Crippen molar-refractivity contribution in [2.45, 2.75) is 13.2 Å². The van der Waals surface area contributed by atoms with E-state index in [1.807, 2.05) is 24.3 Å². The Labute approximate surface area is 67.7 Å². The van der Waals surface area contributed by atoms with Gasteiger partial charge in [0.05, 0.1) is 0 Å². The fourth-order valence-corrected chi connectivity index (χ4v) is 0.946. The molecule has 0 saturated carbocycles. The lowest BCUT2D eigenvalue weighted by molar-refractivity contribution is 0.112. The van der Waals surface area contributed by atoms with E-state index in [9.17, 15) is 4.79 Å². The average molecular weight is 145 g/mol. The van der Waals surface area contributed by atoms with Gasteiger partial charge in [0.15, 0.2) is 7.28 Å². The van der Waals surface area contributed by atoms with Gasteiger partial charge in [0.1, 0.15) is 6.29 Å². The fourth-order valence-electron chi connectivity index (χ4n) is 0.946. The van der Waals surface area contributed by atoms with Gasteiger partial charge in [-0.2, -0.15) is 0 Å². The van der Waals surface area contributed by atoms with Crippen molar-refractivity contribution in [1.82, 2.24) is 0 Å². The molecule has 55 valence electrons. The summed E-state index contributed by atoms with van der Waals surface area (Å²) in [5.74, 6) is 0. The second-order valence-corrected chi connectivity index (χ2v) is 2.40. The van der Waals surface area contributed by atoms with Gasteiger partial charge in [-0.3, -0.25) is 4.79 Å². The minimum atomic E-state index is 0.734. The molecule has 0 unspecified atom stereocenters. The van der Waals surface area contributed by atoms with Gasteiger partial charge < -0.3 is 0 Å². The molecule has 0 heterocycles. The van der Waals surface area contributed by atoms with Gasteiger partial charge in [-0.1, -0.05) is 43.0 Å². The summed E-state index contributed by atoms with van der Waals surface area (Å²) < 4.78 is 0. The molecule has 1 radical (unpaired) electrons. The van der Waals surface area contributed by atoms with Crippen LogP contribution in [0.5, 0.6) is 0 Å². The molecule has 1 aromatic carbocycles. The number of aldehydes is 1. The molecule has 0 amide bonds. The Morgan fingerprint density at radius 2 is 2.00 bits per heavy atom. The average Bonchev–Trinajstić information content (AvgIpc) is 2.07. The van der Waals surface area contributed by atoms with Gasteiger partial charge in [0.2, 0.25) is 0 Å². The monoisotopic (exact) mass is 145 g/mol. The van der Waals surface area contributed by atoms with E-state index in [-0.39, 0.29) is 0 Å². The third kappa shape index (κ3) is 2.22. The van der Waals surface area contributed by atoms with Crippen molar-refractivity contribution in [1.29, 1.82) is 0 Å². The Morgan fingerprint density at radius 1 is 1.36 bits per heavy atom. The molecule has 1 aromatic rings. The summed E-state index contributed by atoms with van der Waals surface area (Å²) >= 11 is 0. The first-order valence-electron chi connectivity index (χ1n) is 3.75. The second kappa shape index (κ2) is 3.96. The van der Waals surface area contributed by atoms with Crippen molar-refractivity contribution < 1.29 is 4.79 Å². The van der Waals surface area contributed by atoms with Gasteiger partial charge in [0, 0.05) is 5.56 Å². The van der Waals surface area contributed by atoms with Crippen LogP contribution in [-0.2, 0) is 0 Å². The lowest BCUT2D eigenvalue weighted by atomic mass is 9.68. The first-order valence-corrected chi connectivity index (χ1v) is 3.75. The van der Waals surface area contributed by atoms with Crippen LogP contribution in [0.15, 0.2) is 24.3 Å². The van der Waals surface area contributed by atoms with Crippen molar-refractivity contribution in [3.63, 3.8) is 0 Å². The Hall–Kier alpha value is -1.05. The van der Waals surface area contributed by atoms with Crippen molar-refractivity contribution >= 4 is 19.0 Å². The van der Waals surface area contributed by atoms with Crippen LogP contribution >= 0.6 is 0 Å². The molecule has 0 bridgehead atoms. The van der Waals surface area contributed by atoms with Crippen LogP contribution in [0, 0.1) is 0 Å². The van der Waals surface area contributed by atoms with Crippen LogP contribution in [0.3, 0.4) is 0 Å². The molecule has 1 nitrogen and oxygen atoms in total. The molecule has 0 saturated heterocycles. The SMILES string of the molecule is CC[B]c1ccc(C=O)cc1. The molecule has 0 aromatic heterocycles. The smallest absolute Gasteiger partial charge is 0.151 e. The molecule has 0 aliphatic rings. The van der Waals surface area contributed by atoms with E-state index < -0.39 is 0 Å². The summed E-state index contributed by atoms with van der Waals surface area (Å²) in [5.41, 5.74) is 1.91.